The van der Waals surface area contributed by atoms with Crippen LogP contribution in [0.1, 0.15) is 44.7 Å². The van der Waals surface area contributed by atoms with Crippen LogP contribution in [0.15, 0.2) is 24.3 Å². The Balaban J connectivity index is 1.96. The molecule has 0 saturated carbocycles. The van der Waals surface area contributed by atoms with Crippen molar-refractivity contribution in [3.05, 3.63) is 34.9 Å². The van der Waals surface area contributed by atoms with Gasteiger partial charge in [-0.1, -0.05) is 36.7 Å². The summed E-state index contributed by atoms with van der Waals surface area (Å²) in [6.45, 7) is 7.84. The highest BCUT2D eigenvalue weighted by molar-refractivity contribution is 6.31. The normalized spacial score (nSPS) is 24.4. The number of likely N-dealkylation sites (tertiary alicyclic amines) is 1. The summed E-state index contributed by atoms with van der Waals surface area (Å²) >= 11 is 6.35. The molecule has 1 aliphatic rings. The van der Waals surface area contributed by atoms with E-state index in [1.165, 1.54) is 5.56 Å². The van der Waals surface area contributed by atoms with Crippen LogP contribution in [0.3, 0.4) is 0 Å². The van der Waals surface area contributed by atoms with Crippen molar-refractivity contribution in [1.82, 2.24) is 10.2 Å². The van der Waals surface area contributed by atoms with Crippen molar-refractivity contribution < 1.29 is 5.11 Å². The fourth-order valence-corrected chi connectivity index (χ4v) is 3.25. The number of aliphatic hydroxyl groups is 1. The second-order valence-corrected chi connectivity index (χ2v) is 6.75. The molecular formula is C17H27ClN2O. The Hall–Kier alpha value is -0.610. The summed E-state index contributed by atoms with van der Waals surface area (Å²) in [5, 5.41) is 14.5. The number of β-amino-alcohol motifs (C(OH)–C–C–N with tert-alkyl or cyclic N) is 1. The number of halogens is 1. The van der Waals surface area contributed by atoms with E-state index in [4.69, 9.17) is 11.6 Å². The lowest BCUT2D eigenvalue weighted by Gasteiger charge is -2.24. The Bertz CT molecular complexity index is 450. The summed E-state index contributed by atoms with van der Waals surface area (Å²) in [6, 6.07) is 8.36. The maximum atomic E-state index is 10.1. The Morgan fingerprint density at radius 1 is 1.43 bits per heavy atom. The Kier molecular flexibility index (Phi) is 6.06. The topological polar surface area (TPSA) is 35.5 Å². The zero-order valence-electron chi connectivity index (χ0n) is 13.1. The first-order valence-corrected chi connectivity index (χ1v) is 8.32. The van der Waals surface area contributed by atoms with Crippen LogP contribution in [0.25, 0.3) is 0 Å². The van der Waals surface area contributed by atoms with Crippen LogP contribution in [-0.4, -0.2) is 41.8 Å². The van der Waals surface area contributed by atoms with Crippen molar-refractivity contribution in [3.63, 3.8) is 0 Å². The lowest BCUT2D eigenvalue weighted by Crippen LogP contribution is -2.32. The second-order valence-electron chi connectivity index (χ2n) is 6.34. The Morgan fingerprint density at radius 2 is 2.19 bits per heavy atom. The van der Waals surface area contributed by atoms with E-state index in [1.807, 2.05) is 25.1 Å². The van der Waals surface area contributed by atoms with E-state index in [2.05, 4.69) is 23.2 Å². The molecule has 2 atom stereocenters. The van der Waals surface area contributed by atoms with Gasteiger partial charge in [0, 0.05) is 30.7 Å². The number of hydrogen-bond donors (Lipinski definition) is 2. The first-order chi connectivity index (χ1) is 10.0. The van der Waals surface area contributed by atoms with E-state index in [0.29, 0.717) is 0 Å². The van der Waals surface area contributed by atoms with Gasteiger partial charge in [0.05, 0.1) is 5.60 Å². The first-order valence-electron chi connectivity index (χ1n) is 7.94. The monoisotopic (exact) mass is 310 g/mol. The molecule has 4 heteroatoms. The van der Waals surface area contributed by atoms with Gasteiger partial charge in [-0.25, -0.2) is 0 Å². The predicted molar refractivity (Wildman–Crippen MR) is 88.8 cm³/mol. The van der Waals surface area contributed by atoms with Crippen molar-refractivity contribution in [2.45, 2.75) is 44.8 Å². The SMILES string of the molecule is CCCNC(CCN1CCC(C)(O)C1)c1ccccc1Cl. The van der Waals surface area contributed by atoms with E-state index < -0.39 is 5.60 Å². The van der Waals surface area contributed by atoms with Gasteiger partial charge in [-0.15, -0.1) is 0 Å². The number of benzene rings is 1. The van der Waals surface area contributed by atoms with Gasteiger partial charge in [0.25, 0.3) is 0 Å². The van der Waals surface area contributed by atoms with Crippen molar-refractivity contribution in [3.8, 4) is 0 Å². The molecule has 0 spiro atoms. The van der Waals surface area contributed by atoms with E-state index in [1.54, 1.807) is 0 Å². The van der Waals surface area contributed by atoms with Crippen LogP contribution in [0.2, 0.25) is 5.02 Å². The average molecular weight is 311 g/mol. The molecule has 1 saturated heterocycles. The van der Waals surface area contributed by atoms with Gasteiger partial charge in [0.2, 0.25) is 0 Å². The molecule has 3 nitrogen and oxygen atoms in total. The van der Waals surface area contributed by atoms with Crippen LogP contribution in [0.5, 0.6) is 0 Å². The lowest BCUT2D eigenvalue weighted by atomic mass is 10.0. The molecule has 1 fully saturated rings. The van der Waals surface area contributed by atoms with Crippen molar-refractivity contribution >= 4 is 11.6 Å². The molecule has 2 N–H and O–H groups in total. The first kappa shape index (κ1) is 16.8. The number of rotatable bonds is 7. The predicted octanol–water partition coefficient (Wildman–Crippen LogP) is 3.23. The van der Waals surface area contributed by atoms with E-state index in [9.17, 15) is 5.11 Å². The summed E-state index contributed by atoms with van der Waals surface area (Å²) in [5.41, 5.74) is 0.662. The fourth-order valence-electron chi connectivity index (χ4n) is 2.99. The zero-order chi connectivity index (χ0) is 15.3. The van der Waals surface area contributed by atoms with Gasteiger partial charge in [-0.3, -0.25) is 0 Å². The Labute approximate surface area is 133 Å². The van der Waals surface area contributed by atoms with Crippen molar-refractivity contribution in [2.24, 2.45) is 0 Å². The molecule has 0 aromatic heterocycles. The number of nitrogens with one attached hydrogen (secondary N) is 1. The van der Waals surface area contributed by atoms with Gasteiger partial charge < -0.3 is 15.3 Å². The molecule has 21 heavy (non-hydrogen) atoms. The average Bonchev–Trinajstić information content (AvgIpc) is 2.80. The minimum absolute atomic E-state index is 0.282. The molecule has 118 valence electrons. The van der Waals surface area contributed by atoms with Crippen LogP contribution in [0.4, 0.5) is 0 Å². The molecule has 1 aliphatic heterocycles. The van der Waals surface area contributed by atoms with Crippen molar-refractivity contribution in [1.29, 1.82) is 0 Å². The van der Waals surface area contributed by atoms with Gasteiger partial charge in [0.15, 0.2) is 0 Å². The van der Waals surface area contributed by atoms with Crippen LogP contribution >= 0.6 is 11.6 Å². The standard InChI is InChI=1S/C17H27ClN2O/c1-3-10-19-16(14-6-4-5-7-15(14)18)8-11-20-12-9-17(2,21)13-20/h4-7,16,19,21H,3,8-13H2,1-2H3. The van der Waals surface area contributed by atoms with Crippen LogP contribution in [-0.2, 0) is 0 Å². The fraction of sp³-hybridized carbons (Fsp3) is 0.647. The Morgan fingerprint density at radius 3 is 2.81 bits per heavy atom. The number of hydrogen-bond acceptors (Lipinski definition) is 3. The van der Waals surface area contributed by atoms with E-state index in [0.717, 1.165) is 50.5 Å². The molecule has 0 bridgehead atoms. The summed E-state index contributed by atoms with van der Waals surface area (Å²) in [7, 11) is 0. The molecule has 0 radical (unpaired) electrons. The van der Waals surface area contributed by atoms with Crippen molar-refractivity contribution in [2.75, 3.05) is 26.2 Å². The lowest BCUT2D eigenvalue weighted by molar-refractivity contribution is 0.0683. The molecule has 0 aliphatic carbocycles. The number of nitrogens with zero attached hydrogens (tertiary/aromatic N) is 1. The second kappa shape index (κ2) is 7.59. The summed E-state index contributed by atoms with van der Waals surface area (Å²) in [5.74, 6) is 0. The molecule has 0 amide bonds. The van der Waals surface area contributed by atoms with Gasteiger partial charge >= 0.3 is 0 Å². The van der Waals surface area contributed by atoms with E-state index in [-0.39, 0.29) is 6.04 Å². The molecular weight excluding hydrogens is 284 g/mol. The third-order valence-electron chi connectivity index (χ3n) is 4.19. The zero-order valence-corrected chi connectivity index (χ0v) is 13.9. The third-order valence-corrected chi connectivity index (χ3v) is 4.53. The summed E-state index contributed by atoms with van der Waals surface area (Å²) < 4.78 is 0. The molecule has 2 unspecified atom stereocenters. The minimum atomic E-state index is -0.517. The summed E-state index contributed by atoms with van der Waals surface area (Å²) in [6.07, 6.45) is 2.99. The van der Waals surface area contributed by atoms with Gasteiger partial charge in [-0.05, 0) is 44.4 Å². The van der Waals surface area contributed by atoms with Gasteiger partial charge in [-0.2, -0.15) is 0 Å². The highest BCUT2D eigenvalue weighted by atomic mass is 35.5. The van der Waals surface area contributed by atoms with Gasteiger partial charge in [0.1, 0.15) is 0 Å². The third kappa shape index (κ3) is 4.96. The molecule has 1 heterocycles. The van der Waals surface area contributed by atoms with Crippen LogP contribution < -0.4 is 5.32 Å². The highest BCUT2D eigenvalue weighted by Gasteiger charge is 2.31. The van der Waals surface area contributed by atoms with E-state index >= 15 is 0 Å². The summed E-state index contributed by atoms with van der Waals surface area (Å²) in [4.78, 5) is 2.34. The van der Waals surface area contributed by atoms with Crippen LogP contribution in [0, 0.1) is 0 Å². The maximum Gasteiger partial charge on any atom is 0.0758 e. The largest absolute Gasteiger partial charge is 0.389 e. The quantitative estimate of drug-likeness (QED) is 0.811. The minimum Gasteiger partial charge on any atom is -0.389 e. The maximum absolute atomic E-state index is 10.1. The molecule has 2 rings (SSSR count). The smallest absolute Gasteiger partial charge is 0.0758 e. The molecule has 1 aromatic carbocycles. The molecule has 1 aromatic rings. The highest BCUT2D eigenvalue weighted by Crippen LogP contribution is 2.27.